The molecule has 2 aromatic rings. The highest BCUT2D eigenvalue weighted by Crippen LogP contribution is 2.24. The molecule has 0 unspecified atom stereocenters. The summed E-state index contributed by atoms with van der Waals surface area (Å²) < 4.78 is 9.69. The maximum Gasteiger partial charge on any atom is 0.131 e. The van der Waals surface area contributed by atoms with E-state index in [1.54, 1.807) is 0 Å². The van der Waals surface area contributed by atoms with Gasteiger partial charge in [0.05, 0.1) is 15.9 Å². The van der Waals surface area contributed by atoms with E-state index in [4.69, 9.17) is 4.74 Å². The van der Waals surface area contributed by atoms with Crippen LogP contribution in [0.25, 0.3) is 0 Å². The fourth-order valence-electron chi connectivity index (χ4n) is 1.69. The molecule has 18 heavy (non-hydrogen) atoms. The minimum atomic E-state index is 0.501. The Morgan fingerprint density at radius 3 is 2.72 bits per heavy atom. The third-order valence-corrected chi connectivity index (χ3v) is 4.08. The Bertz CT molecular complexity index is 552. The highest BCUT2D eigenvalue weighted by molar-refractivity contribution is 9.10. The second-order valence-electron chi connectivity index (χ2n) is 3.93. The van der Waals surface area contributed by atoms with Crippen LogP contribution in [0.15, 0.2) is 33.2 Å². The van der Waals surface area contributed by atoms with Crippen molar-refractivity contribution in [3.8, 4) is 5.75 Å². The second-order valence-corrected chi connectivity index (χ2v) is 5.64. The van der Waals surface area contributed by atoms with E-state index in [1.807, 2.05) is 36.0 Å². The molecule has 0 atom stereocenters. The van der Waals surface area contributed by atoms with Crippen molar-refractivity contribution in [2.24, 2.45) is 7.05 Å². The minimum absolute atomic E-state index is 0.501. The molecule has 0 aliphatic carbocycles. The van der Waals surface area contributed by atoms with Crippen LogP contribution in [0.1, 0.15) is 18.3 Å². The van der Waals surface area contributed by atoms with Gasteiger partial charge < -0.3 is 4.74 Å². The summed E-state index contributed by atoms with van der Waals surface area (Å²) in [6, 6.07) is 7.82. The number of hydrogen-bond acceptors (Lipinski definition) is 2. The van der Waals surface area contributed by atoms with Crippen LogP contribution >= 0.6 is 31.9 Å². The molecule has 0 aliphatic rings. The molecular formula is C13H14Br2N2O. The first-order valence-corrected chi connectivity index (χ1v) is 7.29. The third kappa shape index (κ3) is 2.95. The SMILES string of the molecule is CCc1nn(C)c(COc2cccc(Br)c2)c1Br. The molecule has 0 fully saturated rings. The molecule has 0 saturated carbocycles. The summed E-state index contributed by atoms with van der Waals surface area (Å²) in [4.78, 5) is 0. The van der Waals surface area contributed by atoms with Crippen molar-refractivity contribution in [3.63, 3.8) is 0 Å². The van der Waals surface area contributed by atoms with Gasteiger partial charge in [0.15, 0.2) is 0 Å². The Morgan fingerprint density at radius 1 is 1.33 bits per heavy atom. The molecule has 1 aromatic heterocycles. The van der Waals surface area contributed by atoms with Crippen molar-refractivity contribution in [2.45, 2.75) is 20.0 Å². The molecule has 0 saturated heterocycles. The van der Waals surface area contributed by atoms with Gasteiger partial charge in [-0.1, -0.05) is 28.9 Å². The van der Waals surface area contributed by atoms with E-state index < -0.39 is 0 Å². The fourth-order valence-corrected chi connectivity index (χ4v) is 2.79. The quantitative estimate of drug-likeness (QED) is 0.807. The van der Waals surface area contributed by atoms with Crippen LogP contribution in [-0.2, 0) is 20.1 Å². The van der Waals surface area contributed by atoms with Gasteiger partial charge >= 0.3 is 0 Å². The Hall–Kier alpha value is -0.810. The number of benzene rings is 1. The Kier molecular flexibility index (Phi) is 4.45. The monoisotopic (exact) mass is 372 g/mol. The van der Waals surface area contributed by atoms with Gasteiger partial charge in [-0.2, -0.15) is 5.10 Å². The van der Waals surface area contributed by atoms with Crippen molar-refractivity contribution in [2.75, 3.05) is 0 Å². The smallest absolute Gasteiger partial charge is 0.131 e. The lowest BCUT2D eigenvalue weighted by Crippen LogP contribution is -2.03. The first kappa shape index (κ1) is 13.6. The number of aryl methyl sites for hydroxylation is 2. The molecule has 1 heterocycles. The summed E-state index contributed by atoms with van der Waals surface area (Å²) in [7, 11) is 1.93. The van der Waals surface area contributed by atoms with E-state index in [9.17, 15) is 0 Å². The Balaban J connectivity index is 2.13. The molecule has 0 spiro atoms. The minimum Gasteiger partial charge on any atom is -0.487 e. The number of rotatable bonds is 4. The molecule has 0 radical (unpaired) electrons. The highest BCUT2D eigenvalue weighted by Gasteiger charge is 2.12. The third-order valence-electron chi connectivity index (χ3n) is 2.67. The lowest BCUT2D eigenvalue weighted by Gasteiger charge is -2.07. The predicted molar refractivity (Wildman–Crippen MR) is 78.8 cm³/mol. The average molecular weight is 374 g/mol. The van der Waals surface area contributed by atoms with E-state index in [1.165, 1.54) is 0 Å². The molecule has 0 N–H and O–H groups in total. The van der Waals surface area contributed by atoms with E-state index >= 15 is 0 Å². The van der Waals surface area contributed by atoms with Crippen molar-refractivity contribution in [1.82, 2.24) is 9.78 Å². The van der Waals surface area contributed by atoms with Crippen LogP contribution < -0.4 is 4.74 Å². The van der Waals surface area contributed by atoms with Gasteiger partial charge in [0, 0.05) is 11.5 Å². The maximum atomic E-state index is 5.77. The Morgan fingerprint density at radius 2 is 2.11 bits per heavy atom. The zero-order chi connectivity index (χ0) is 13.1. The summed E-state index contributed by atoms with van der Waals surface area (Å²) in [5.41, 5.74) is 2.11. The van der Waals surface area contributed by atoms with Gasteiger partial charge in [0.2, 0.25) is 0 Å². The van der Waals surface area contributed by atoms with Crippen molar-refractivity contribution in [1.29, 1.82) is 0 Å². The van der Waals surface area contributed by atoms with Gasteiger partial charge in [-0.15, -0.1) is 0 Å². The van der Waals surface area contributed by atoms with Crippen LogP contribution in [0, 0.1) is 0 Å². The van der Waals surface area contributed by atoms with Crippen molar-refractivity contribution >= 4 is 31.9 Å². The van der Waals surface area contributed by atoms with Crippen molar-refractivity contribution < 1.29 is 4.74 Å². The second kappa shape index (κ2) is 5.89. The molecular weight excluding hydrogens is 360 g/mol. The summed E-state index contributed by atoms with van der Waals surface area (Å²) in [6.45, 7) is 2.59. The van der Waals surface area contributed by atoms with Crippen LogP contribution in [0.3, 0.4) is 0 Å². The maximum absolute atomic E-state index is 5.77. The van der Waals surface area contributed by atoms with E-state index in [0.717, 1.165) is 32.5 Å². The number of hydrogen-bond donors (Lipinski definition) is 0. The standard InChI is InChI=1S/C13H14Br2N2O/c1-3-11-13(15)12(17(2)16-11)8-18-10-6-4-5-9(14)7-10/h4-7H,3,8H2,1-2H3. The normalized spacial score (nSPS) is 10.7. The molecule has 1 aromatic carbocycles. The molecule has 0 aliphatic heterocycles. The summed E-state index contributed by atoms with van der Waals surface area (Å²) in [5, 5.41) is 4.44. The number of nitrogens with zero attached hydrogens (tertiary/aromatic N) is 2. The highest BCUT2D eigenvalue weighted by atomic mass is 79.9. The van der Waals surface area contributed by atoms with Crippen LogP contribution in [0.2, 0.25) is 0 Å². The predicted octanol–water partition coefficient (Wildman–Crippen LogP) is 4.09. The summed E-state index contributed by atoms with van der Waals surface area (Å²) in [6.07, 6.45) is 0.908. The summed E-state index contributed by atoms with van der Waals surface area (Å²) in [5.74, 6) is 0.843. The molecule has 0 amide bonds. The first-order valence-electron chi connectivity index (χ1n) is 5.70. The van der Waals surface area contributed by atoms with E-state index in [-0.39, 0.29) is 0 Å². The average Bonchev–Trinajstić information content (AvgIpc) is 2.62. The summed E-state index contributed by atoms with van der Waals surface area (Å²) >= 11 is 7.00. The zero-order valence-electron chi connectivity index (χ0n) is 10.3. The van der Waals surface area contributed by atoms with Crippen LogP contribution in [0.4, 0.5) is 0 Å². The lowest BCUT2D eigenvalue weighted by molar-refractivity contribution is 0.294. The topological polar surface area (TPSA) is 27.1 Å². The Labute approximate surface area is 123 Å². The number of halogens is 2. The van der Waals surface area contributed by atoms with Gasteiger partial charge in [-0.3, -0.25) is 4.68 Å². The molecule has 5 heteroatoms. The number of aromatic nitrogens is 2. The van der Waals surface area contributed by atoms with E-state index in [2.05, 4.69) is 43.9 Å². The number of ether oxygens (including phenoxy) is 1. The molecule has 2 rings (SSSR count). The van der Waals surface area contributed by atoms with Gasteiger partial charge in [0.1, 0.15) is 12.4 Å². The fraction of sp³-hybridized carbons (Fsp3) is 0.308. The largest absolute Gasteiger partial charge is 0.487 e. The van der Waals surface area contributed by atoms with Crippen LogP contribution in [-0.4, -0.2) is 9.78 Å². The van der Waals surface area contributed by atoms with Crippen LogP contribution in [0.5, 0.6) is 5.75 Å². The van der Waals surface area contributed by atoms with Gasteiger partial charge in [-0.05, 0) is 40.5 Å². The molecule has 96 valence electrons. The lowest BCUT2D eigenvalue weighted by atomic mass is 10.3. The van der Waals surface area contributed by atoms with Crippen molar-refractivity contribution in [3.05, 3.63) is 44.6 Å². The first-order chi connectivity index (χ1) is 8.61. The van der Waals surface area contributed by atoms with Gasteiger partial charge in [0.25, 0.3) is 0 Å². The molecule has 3 nitrogen and oxygen atoms in total. The molecule has 0 bridgehead atoms. The van der Waals surface area contributed by atoms with E-state index in [0.29, 0.717) is 6.61 Å². The van der Waals surface area contributed by atoms with Gasteiger partial charge in [-0.25, -0.2) is 0 Å². The zero-order valence-corrected chi connectivity index (χ0v) is 13.5.